The monoisotopic (exact) mass is 479 g/mol. The van der Waals surface area contributed by atoms with E-state index in [-0.39, 0.29) is 11.3 Å². The van der Waals surface area contributed by atoms with Crippen LogP contribution >= 0.6 is 0 Å². The van der Waals surface area contributed by atoms with Gasteiger partial charge in [0.1, 0.15) is 5.82 Å². The van der Waals surface area contributed by atoms with E-state index >= 15 is 0 Å². The average molecular weight is 480 g/mol. The number of para-hydroxylation sites is 2. The van der Waals surface area contributed by atoms with Crippen LogP contribution in [0.3, 0.4) is 0 Å². The molecule has 3 aromatic carbocycles. The van der Waals surface area contributed by atoms with Crippen molar-refractivity contribution >= 4 is 23.0 Å². The molecule has 4 heteroatoms. The third-order valence-electron chi connectivity index (χ3n) is 6.50. The van der Waals surface area contributed by atoms with Gasteiger partial charge in [0, 0.05) is 25.6 Å². The van der Waals surface area contributed by atoms with Gasteiger partial charge in [-0.05, 0) is 53.2 Å². The third-order valence-corrected chi connectivity index (χ3v) is 6.50. The topological polar surface area (TPSA) is 46.9 Å². The number of aromatic nitrogens is 2. The molecule has 4 nitrogen and oxygen atoms in total. The van der Waals surface area contributed by atoms with E-state index in [2.05, 4.69) is 79.2 Å². The van der Waals surface area contributed by atoms with Crippen molar-refractivity contribution in [2.75, 3.05) is 6.54 Å². The summed E-state index contributed by atoms with van der Waals surface area (Å²) >= 11 is 0. The zero-order chi connectivity index (χ0) is 25.4. The summed E-state index contributed by atoms with van der Waals surface area (Å²) in [5.74, 6) is 1.09. The molecule has 0 saturated heterocycles. The average Bonchev–Trinajstić information content (AvgIpc) is 3.22. The maximum atomic E-state index is 12.1. The maximum Gasteiger partial charge on any atom is 0.243 e. The van der Waals surface area contributed by atoms with Crippen LogP contribution in [0, 0.1) is 0 Å². The molecule has 1 aromatic heterocycles. The van der Waals surface area contributed by atoms with Crippen LogP contribution in [0.2, 0.25) is 0 Å². The summed E-state index contributed by atoms with van der Waals surface area (Å²) in [6, 6.07) is 27.2. The molecule has 1 heterocycles. The van der Waals surface area contributed by atoms with Crippen molar-refractivity contribution in [3.63, 3.8) is 0 Å². The Bertz CT molecular complexity index is 1290. The Morgan fingerprint density at radius 3 is 2.36 bits per heavy atom. The number of carbonyl (C=O) groups is 1. The Morgan fingerprint density at radius 2 is 1.61 bits per heavy atom. The van der Waals surface area contributed by atoms with Crippen LogP contribution in [-0.2, 0) is 23.2 Å². The summed E-state index contributed by atoms with van der Waals surface area (Å²) in [4.78, 5) is 17.0. The van der Waals surface area contributed by atoms with Crippen LogP contribution in [0.25, 0.3) is 17.1 Å². The molecule has 4 rings (SSSR count). The molecular formula is C32H37N3O. The van der Waals surface area contributed by atoms with Crippen LogP contribution in [0.15, 0.2) is 84.9 Å². The van der Waals surface area contributed by atoms with Crippen LogP contribution in [0.1, 0.15) is 62.5 Å². The van der Waals surface area contributed by atoms with Gasteiger partial charge in [-0.1, -0.05) is 93.9 Å². The summed E-state index contributed by atoms with van der Waals surface area (Å²) in [5, 5.41) is 2.99. The second kappa shape index (κ2) is 11.9. The number of nitrogens with one attached hydrogen (secondary N) is 1. The fraction of sp³-hybridized carbons (Fsp3) is 0.312. The van der Waals surface area contributed by atoms with Crippen LogP contribution < -0.4 is 5.32 Å². The highest BCUT2D eigenvalue weighted by Gasteiger charge is 2.14. The summed E-state index contributed by atoms with van der Waals surface area (Å²) < 4.78 is 2.36. The Morgan fingerprint density at radius 1 is 0.889 bits per heavy atom. The number of rotatable bonds is 10. The van der Waals surface area contributed by atoms with Crippen molar-refractivity contribution in [1.82, 2.24) is 14.9 Å². The molecule has 1 amide bonds. The first-order valence-electron chi connectivity index (χ1n) is 12.9. The number of amides is 1. The highest BCUT2D eigenvalue weighted by Crippen LogP contribution is 2.24. The molecule has 36 heavy (non-hydrogen) atoms. The van der Waals surface area contributed by atoms with Crippen molar-refractivity contribution in [2.45, 2.75) is 58.4 Å². The minimum absolute atomic E-state index is 0.0434. The highest BCUT2D eigenvalue weighted by molar-refractivity contribution is 5.91. The van der Waals surface area contributed by atoms with E-state index in [0.29, 0.717) is 6.54 Å². The number of unbranched alkanes of at least 4 members (excludes halogenated alkanes) is 2. The molecule has 0 unspecified atom stereocenters. The highest BCUT2D eigenvalue weighted by atomic mass is 16.1. The van der Waals surface area contributed by atoms with Crippen LogP contribution in [0.5, 0.6) is 0 Å². The number of hydrogen-bond donors (Lipinski definition) is 1. The normalized spacial score (nSPS) is 11.9. The summed E-state index contributed by atoms with van der Waals surface area (Å²) in [7, 11) is 0. The number of nitrogens with zero attached hydrogens (tertiary/aromatic N) is 2. The first-order valence-corrected chi connectivity index (χ1v) is 12.9. The van der Waals surface area contributed by atoms with Gasteiger partial charge >= 0.3 is 0 Å². The van der Waals surface area contributed by atoms with Crippen molar-refractivity contribution in [2.24, 2.45) is 0 Å². The van der Waals surface area contributed by atoms with Crippen molar-refractivity contribution in [3.8, 4) is 0 Å². The summed E-state index contributed by atoms with van der Waals surface area (Å²) in [5.41, 5.74) is 6.06. The lowest BCUT2D eigenvalue weighted by atomic mass is 9.87. The van der Waals surface area contributed by atoms with Gasteiger partial charge in [0.05, 0.1) is 11.0 Å². The Labute approximate surface area is 215 Å². The smallest absolute Gasteiger partial charge is 0.243 e. The molecule has 1 N–H and O–H groups in total. The molecule has 0 aliphatic carbocycles. The minimum atomic E-state index is -0.0434. The number of fused-ring (bicyclic) bond motifs is 1. The molecule has 0 fully saturated rings. The van der Waals surface area contributed by atoms with E-state index in [9.17, 15) is 4.79 Å². The van der Waals surface area contributed by atoms with Gasteiger partial charge in [-0.3, -0.25) is 4.79 Å². The number of hydrogen-bond acceptors (Lipinski definition) is 2. The first kappa shape index (κ1) is 25.4. The molecule has 0 bridgehead atoms. The van der Waals surface area contributed by atoms with E-state index in [4.69, 9.17) is 4.98 Å². The maximum absolute atomic E-state index is 12.1. The van der Waals surface area contributed by atoms with Gasteiger partial charge in [0.15, 0.2) is 0 Å². The van der Waals surface area contributed by atoms with Gasteiger partial charge in [-0.15, -0.1) is 0 Å². The van der Waals surface area contributed by atoms with E-state index in [1.54, 1.807) is 6.08 Å². The minimum Gasteiger partial charge on any atom is -0.353 e. The standard InChI is InChI=1S/C32H37N3O/c1-32(2,3)27-20-17-26(18-21-27)24-35-29-15-10-9-14-28(29)34-30(35)16-8-5-11-23-33-31(36)22-19-25-12-6-4-7-13-25/h4,6-7,9-10,12-15,17-22H,5,8,11,16,23-24H2,1-3H3,(H,33,36)/b22-19+. The molecule has 0 aliphatic heterocycles. The van der Waals surface area contributed by atoms with Crippen LogP contribution in [0.4, 0.5) is 0 Å². The lowest BCUT2D eigenvalue weighted by molar-refractivity contribution is -0.116. The van der Waals surface area contributed by atoms with Gasteiger partial charge in [0.25, 0.3) is 0 Å². The quantitative estimate of drug-likeness (QED) is 0.198. The lowest BCUT2D eigenvalue weighted by Gasteiger charge is -2.19. The fourth-order valence-electron chi connectivity index (χ4n) is 4.38. The molecular weight excluding hydrogens is 442 g/mol. The Balaban J connectivity index is 1.30. The van der Waals surface area contributed by atoms with Crippen molar-refractivity contribution in [3.05, 3.63) is 107 Å². The van der Waals surface area contributed by atoms with E-state index in [1.807, 2.05) is 36.4 Å². The zero-order valence-electron chi connectivity index (χ0n) is 21.7. The largest absolute Gasteiger partial charge is 0.353 e. The number of benzene rings is 3. The molecule has 0 radical (unpaired) electrons. The zero-order valence-corrected chi connectivity index (χ0v) is 21.7. The summed E-state index contributed by atoms with van der Waals surface area (Å²) in [6.45, 7) is 8.25. The molecule has 0 spiro atoms. The Kier molecular flexibility index (Phi) is 8.37. The molecule has 0 aliphatic rings. The third kappa shape index (κ3) is 6.94. The van der Waals surface area contributed by atoms with Crippen LogP contribution in [-0.4, -0.2) is 22.0 Å². The van der Waals surface area contributed by atoms with Gasteiger partial charge in [0.2, 0.25) is 5.91 Å². The Hall–Kier alpha value is -3.66. The van der Waals surface area contributed by atoms with Crippen molar-refractivity contribution < 1.29 is 4.79 Å². The first-order chi connectivity index (χ1) is 17.4. The number of imidazole rings is 1. The number of carbonyl (C=O) groups excluding carboxylic acids is 1. The SMILES string of the molecule is CC(C)(C)c1ccc(Cn2c(CCCCCNC(=O)/C=C/c3ccccc3)nc3ccccc32)cc1. The van der Waals surface area contributed by atoms with E-state index in [0.717, 1.165) is 49.1 Å². The predicted octanol–water partition coefficient (Wildman–Crippen LogP) is 6.92. The predicted molar refractivity (Wildman–Crippen MR) is 150 cm³/mol. The van der Waals surface area contributed by atoms with Gasteiger partial charge in [-0.2, -0.15) is 0 Å². The van der Waals surface area contributed by atoms with Gasteiger partial charge in [-0.25, -0.2) is 4.98 Å². The van der Waals surface area contributed by atoms with E-state index in [1.165, 1.54) is 16.6 Å². The second-order valence-electron chi connectivity index (χ2n) is 10.4. The molecule has 4 aromatic rings. The molecule has 186 valence electrons. The van der Waals surface area contributed by atoms with Crippen molar-refractivity contribution in [1.29, 1.82) is 0 Å². The summed E-state index contributed by atoms with van der Waals surface area (Å²) in [6.07, 6.45) is 7.42. The van der Waals surface area contributed by atoms with Gasteiger partial charge < -0.3 is 9.88 Å². The fourth-order valence-corrected chi connectivity index (χ4v) is 4.38. The number of aryl methyl sites for hydroxylation is 1. The lowest BCUT2D eigenvalue weighted by Crippen LogP contribution is -2.22. The molecule has 0 atom stereocenters. The van der Waals surface area contributed by atoms with E-state index < -0.39 is 0 Å². The second-order valence-corrected chi connectivity index (χ2v) is 10.4. The molecule has 0 saturated carbocycles.